The summed E-state index contributed by atoms with van der Waals surface area (Å²) in [5.41, 5.74) is 0.373. The van der Waals surface area contributed by atoms with Crippen molar-refractivity contribution in [3.05, 3.63) is 0 Å². The van der Waals surface area contributed by atoms with Gasteiger partial charge in [0, 0.05) is 58.9 Å². The van der Waals surface area contributed by atoms with Crippen LogP contribution in [0, 0.1) is 11.3 Å². The van der Waals surface area contributed by atoms with Gasteiger partial charge in [0.05, 0.1) is 6.10 Å². The van der Waals surface area contributed by atoms with Crippen molar-refractivity contribution in [3.63, 3.8) is 0 Å². The average Bonchev–Trinajstić information content (AvgIpc) is 3.01. The molecule has 3 saturated carbocycles. The molecule has 1 spiro atoms. The molecule has 26 heavy (non-hydrogen) atoms. The molecule has 0 bridgehead atoms. The van der Waals surface area contributed by atoms with Gasteiger partial charge in [-0.25, -0.2) is 0 Å². The van der Waals surface area contributed by atoms with Gasteiger partial charge in [0.2, 0.25) is 0 Å². The molecule has 0 aromatic rings. The lowest BCUT2D eigenvalue weighted by Gasteiger charge is -2.63. The van der Waals surface area contributed by atoms with Gasteiger partial charge in [-0.2, -0.15) is 0 Å². The number of hydrogen-bond acceptors (Lipinski definition) is 3. The first kappa shape index (κ1) is 20.8. The summed E-state index contributed by atoms with van der Waals surface area (Å²) in [6, 6.07) is 0.914. The van der Waals surface area contributed by atoms with Gasteiger partial charge in [0.15, 0.2) is 5.96 Å². The minimum Gasteiger partial charge on any atom is -0.377 e. The normalized spacial score (nSPS) is 39.2. The summed E-state index contributed by atoms with van der Waals surface area (Å²) in [7, 11) is 1.19. The summed E-state index contributed by atoms with van der Waals surface area (Å²) in [5.74, 6) is 2.37. The third kappa shape index (κ3) is 3.56. The van der Waals surface area contributed by atoms with Crippen LogP contribution >= 0.6 is 24.0 Å². The van der Waals surface area contributed by atoms with Crippen molar-refractivity contribution in [1.29, 1.82) is 0 Å². The van der Waals surface area contributed by atoms with Crippen LogP contribution in [0.1, 0.15) is 58.3 Å². The van der Waals surface area contributed by atoms with E-state index in [1.807, 2.05) is 14.0 Å². The Kier molecular flexibility index (Phi) is 6.92. The largest absolute Gasteiger partial charge is 0.377 e. The summed E-state index contributed by atoms with van der Waals surface area (Å²) in [5, 5.41) is 7.75. The second-order valence-electron chi connectivity index (χ2n) is 8.32. The van der Waals surface area contributed by atoms with Gasteiger partial charge in [-0.05, 0) is 38.5 Å². The molecule has 0 amide bonds. The number of nitrogens with one attached hydrogen (secondary N) is 2. The highest BCUT2D eigenvalue weighted by Crippen LogP contribution is 2.62. The van der Waals surface area contributed by atoms with E-state index in [1.165, 1.54) is 25.7 Å². The fraction of sp³-hybridized carbons (Fsp3) is 0.947. The van der Waals surface area contributed by atoms with Crippen LogP contribution < -0.4 is 10.6 Å². The van der Waals surface area contributed by atoms with E-state index in [4.69, 9.17) is 4.74 Å². The van der Waals surface area contributed by atoms with E-state index < -0.39 is 10.8 Å². The fourth-order valence-electron chi connectivity index (χ4n) is 5.72. The van der Waals surface area contributed by atoms with Gasteiger partial charge in [-0.3, -0.25) is 9.20 Å². The van der Waals surface area contributed by atoms with Gasteiger partial charge in [-0.1, -0.05) is 19.8 Å². The van der Waals surface area contributed by atoms with Crippen molar-refractivity contribution in [2.75, 3.05) is 19.4 Å². The number of fused-ring (bicyclic) bond motifs is 2. The van der Waals surface area contributed by atoms with Gasteiger partial charge < -0.3 is 15.4 Å². The molecule has 6 atom stereocenters. The summed E-state index contributed by atoms with van der Waals surface area (Å²) < 4.78 is 18.2. The van der Waals surface area contributed by atoms with E-state index in [0.717, 1.165) is 44.0 Å². The van der Waals surface area contributed by atoms with E-state index in [0.29, 0.717) is 34.8 Å². The number of rotatable bonds is 4. The zero-order valence-electron chi connectivity index (χ0n) is 16.0. The van der Waals surface area contributed by atoms with Gasteiger partial charge in [0.25, 0.3) is 0 Å². The predicted molar refractivity (Wildman–Crippen MR) is 118 cm³/mol. The highest BCUT2D eigenvalue weighted by Gasteiger charge is 2.66. The van der Waals surface area contributed by atoms with Crippen molar-refractivity contribution in [3.8, 4) is 0 Å². The predicted octanol–water partition coefficient (Wildman–Crippen LogP) is 2.81. The van der Waals surface area contributed by atoms with Crippen LogP contribution in [-0.4, -0.2) is 53.0 Å². The number of ether oxygens (including phenoxy) is 1. The van der Waals surface area contributed by atoms with Crippen molar-refractivity contribution in [2.45, 2.75) is 81.7 Å². The lowest BCUT2D eigenvalue weighted by molar-refractivity contribution is -0.171. The topological polar surface area (TPSA) is 62.7 Å². The molecule has 4 rings (SSSR count). The Morgan fingerprint density at radius 1 is 1.23 bits per heavy atom. The Labute approximate surface area is 177 Å². The maximum atomic E-state index is 12.2. The zero-order valence-corrected chi connectivity index (χ0v) is 19.2. The van der Waals surface area contributed by atoms with Gasteiger partial charge in [-0.15, -0.1) is 24.0 Å². The Bertz CT molecular complexity index is 555. The third-order valence-corrected chi connectivity index (χ3v) is 8.92. The molecule has 1 heterocycles. The number of halogens is 1. The third-order valence-electron chi connectivity index (χ3n) is 7.18. The SMILES string of the molecule is CCS(=O)C1CCCC(NC(=NC)NC2C3CCOC3C23CCC3)C1.I. The van der Waals surface area contributed by atoms with E-state index in [1.54, 1.807) is 0 Å². The second-order valence-corrected chi connectivity index (χ2v) is 10.3. The molecule has 150 valence electrons. The van der Waals surface area contributed by atoms with Crippen LogP contribution in [0.2, 0.25) is 0 Å². The number of guanidine groups is 1. The van der Waals surface area contributed by atoms with Crippen molar-refractivity contribution in [2.24, 2.45) is 16.3 Å². The summed E-state index contributed by atoms with van der Waals surface area (Å²) in [6.45, 7) is 2.96. The molecule has 2 N–H and O–H groups in total. The van der Waals surface area contributed by atoms with E-state index in [2.05, 4.69) is 15.6 Å². The molecule has 0 aromatic heterocycles. The molecule has 5 nitrogen and oxygen atoms in total. The summed E-state index contributed by atoms with van der Waals surface area (Å²) in [4.78, 5) is 4.51. The zero-order chi connectivity index (χ0) is 17.4. The number of nitrogens with zero attached hydrogens (tertiary/aromatic N) is 1. The Hall–Kier alpha value is 0.110. The highest BCUT2D eigenvalue weighted by atomic mass is 127. The Balaban J connectivity index is 0.00000196. The van der Waals surface area contributed by atoms with Gasteiger partial charge >= 0.3 is 0 Å². The molecule has 7 heteroatoms. The molecule has 4 fully saturated rings. The molecule has 0 radical (unpaired) electrons. The van der Waals surface area contributed by atoms with Crippen LogP contribution in [0.3, 0.4) is 0 Å². The quantitative estimate of drug-likeness (QED) is 0.358. The van der Waals surface area contributed by atoms with Crippen molar-refractivity contribution in [1.82, 2.24) is 10.6 Å². The second kappa shape index (κ2) is 8.64. The minimum absolute atomic E-state index is 0. The van der Waals surface area contributed by atoms with Crippen LogP contribution in [0.15, 0.2) is 4.99 Å². The molecule has 3 aliphatic carbocycles. The Morgan fingerprint density at radius 2 is 2.04 bits per heavy atom. The van der Waals surface area contributed by atoms with Crippen LogP contribution in [0.25, 0.3) is 0 Å². The fourth-order valence-corrected chi connectivity index (χ4v) is 7.07. The molecule has 4 aliphatic rings. The van der Waals surface area contributed by atoms with Gasteiger partial charge in [0.1, 0.15) is 0 Å². The number of hydrogen-bond donors (Lipinski definition) is 2. The minimum atomic E-state index is -0.677. The van der Waals surface area contributed by atoms with Crippen molar-refractivity contribution < 1.29 is 8.95 Å². The van der Waals surface area contributed by atoms with E-state index in [9.17, 15) is 4.21 Å². The maximum absolute atomic E-state index is 12.2. The number of aliphatic imine (C=N–C) groups is 1. The lowest BCUT2D eigenvalue weighted by Crippen LogP contribution is -2.72. The maximum Gasteiger partial charge on any atom is 0.191 e. The first-order valence-electron chi connectivity index (χ1n) is 10.2. The molecular weight excluding hydrogens is 461 g/mol. The van der Waals surface area contributed by atoms with Crippen molar-refractivity contribution >= 4 is 40.7 Å². The molecular formula is C19H34IN3O2S. The highest BCUT2D eigenvalue weighted by molar-refractivity contribution is 14.0. The van der Waals surface area contributed by atoms with Crippen LogP contribution in [0.5, 0.6) is 0 Å². The Morgan fingerprint density at radius 3 is 2.69 bits per heavy atom. The molecule has 6 unspecified atom stereocenters. The summed E-state index contributed by atoms with van der Waals surface area (Å²) >= 11 is 0. The average molecular weight is 495 g/mol. The van der Waals surface area contributed by atoms with E-state index >= 15 is 0 Å². The van der Waals surface area contributed by atoms with Crippen LogP contribution in [0.4, 0.5) is 0 Å². The summed E-state index contributed by atoms with van der Waals surface area (Å²) in [6.07, 6.45) is 10.0. The molecule has 1 saturated heterocycles. The standard InChI is InChI=1S/C19H33N3O2S.HI/c1-3-25(23)14-7-4-6-13(12-14)21-18(20-2)22-16-15-8-11-24-17(15)19(16)9-5-10-19;/h13-17H,3-12H2,1-2H3,(H2,20,21,22);1H. The first-order valence-corrected chi connectivity index (χ1v) is 11.5. The molecule has 0 aromatic carbocycles. The smallest absolute Gasteiger partial charge is 0.191 e. The monoisotopic (exact) mass is 495 g/mol. The van der Waals surface area contributed by atoms with Crippen LogP contribution in [-0.2, 0) is 15.5 Å². The molecule has 1 aliphatic heterocycles. The lowest BCUT2D eigenvalue weighted by atomic mass is 9.46. The first-order chi connectivity index (χ1) is 12.2. The van der Waals surface area contributed by atoms with E-state index in [-0.39, 0.29) is 24.0 Å².